The molecule has 0 N–H and O–H groups in total. The molecule has 1 aromatic rings. The average Bonchev–Trinajstić information content (AvgIpc) is 2.14. The molecule has 1 heterocycles. The number of alkyl halides is 2. The van der Waals surface area contributed by atoms with Crippen molar-refractivity contribution >= 4 is 42.3 Å². The fourth-order valence-electron chi connectivity index (χ4n) is 1.00. The number of nitriles is 1. The summed E-state index contributed by atoms with van der Waals surface area (Å²) in [6, 6.07) is 1.48. The highest BCUT2D eigenvalue weighted by Gasteiger charge is 2.27. The molecule has 86 valence electrons. The maximum atomic E-state index is 12.7. The molecule has 0 spiro atoms. The van der Waals surface area contributed by atoms with Gasteiger partial charge in [0.05, 0.1) is 11.1 Å². The van der Waals surface area contributed by atoms with Gasteiger partial charge in [0.1, 0.15) is 14.7 Å². The van der Waals surface area contributed by atoms with Crippen molar-refractivity contribution in [2.24, 2.45) is 0 Å². The summed E-state index contributed by atoms with van der Waals surface area (Å²) in [6.45, 7) is 0. The van der Waals surface area contributed by atoms with Gasteiger partial charge in [-0.1, -0.05) is 0 Å². The Morgan fingerprint density at radius 1 is 1.56 bits per heavy atom. The second-order valence-corrected chi connectivity index (χ2v) is 6.11. The van der Waals surface area contributed by atoms with Crippen molar-refractivity contribution < 1.29 is 17.2 Å². The van der Waals surface area contributed by atoms with Crippen LogP contribution in [0.5, 0.6) is 0 Å². The molecule has 0 unspecified atom stereocenters. The Balaban J connectivity index is 3.74. The first-order chi connectivity index (χ1) is 7.29. The molecule has 0 radical (unpaired) electrons. The topological polar surface area (TPSA) is 70.8 Å². The molecule has 0 atom stereocenters. The lowest BCUT2D eigenvalue weighted by molar-refractivity contribution is 0.147. The molecule has 0 aliphatic carbocycles. The monoisotopic (exact) mass is 378 g/mol. The Morgan fingerprint density at radius 3 is 2.50 bits per heavy atom. The molecule has 0 fully saturated rings. The molecule has 0 aromatic carbocycles. The maximum absolute atomic E-state index is 12.7. The van der Waals surface area contributed by atoms with Crippen molar-refractivity contribution in [3.05, 3.63) is 21.0 Å². The quantitative estimate of drug-likeness (QED) is 0.450. The van der Waals surface area contributed by atoms with Crippen molar-refractivity contribution in [1.82, 2.24) is 4.98 Å². The molecule has 4 nitrogen and oxygen atoms in total. The van der Waals surface area contributed by atoms with E-state index in [4.69, 9.17) is 15.9 Å². The Labute approximate surface area is 108 Å². The summed E-state index contributed by atoms with van der Waals surface area (Å²) in [7, 11) is 0.624. The summed E-state index contributed by atoms with van der Waals surface area (Å²) in [5.41, 5.74) is -1.38. The van der Waals surface area contributed by atoms with Crippen LogP contribution in [0.4, 0.5) is 8.78 Å². The molecule has 1 rings (SSSR count). The van der Waals surface area contributed by atoms with E-state index in [0.717, 1.165) is 0 Å². The first-order valence-electron chi connectivity index (χ1n) is 3.60. The zero-order valence-electron chi connectivity index (χ0n) is 7.29. The third-order valence-electron chi connectivity index (χ3n) is 1.63. The van der Waals surface area contributed by atoms with E-state index in [-0.39, 0.29) is 3.70 Å². The zero-order valence-corrected chi connectivity index (χ0v) is 11.0. The Hall–Kier alpha value is -0.530. The minimum atomic E-state index is -4.35. The minimum Gasteiger partial charge on any atom is -0.247 e. The van der Waals surface area contributed by atoms with Gasteiger partial charge in [-0.25, -0.2) is 22.2 Å². The molecule has 0 bridgehead atoms. The number of hydrogen-bond donors (Lipinski definition) is 0. The van der Waals surface area contributed by atoms with Gasteiger partial charge in [-0.15, -0.1) is 0 Å². The van der Waals surface area contributed by atoms with Crippen molar-refractivity contribution in [2.75, 3.05) is 0 Å². The van der Waals surface area contributed by atoms with Crippen LogP contribution in [-0.2, 0) is 9.05 Å². The lowest BCUT2D eigenvalue weighted by Crippen LogP contribution is -2.05. The standard InChI is InChI=1S/C7H2ClF2IN2O2S/c8-16(14,15)4-2-13-7(11)3(1-12)5(4)6(9)10/h2,6H. The van der Waals surface area contributed by atoms with Gasteiger partial charge in [0.15, 0.2) is 0 Å². The highest BCUT2D eigenvalue weighted by Crippen LogP contribution is 2.32. The van der Waals surface area contributed by atoms with Crippen LogP contribution in [0.2, 0.25) is 0 Å². The van der Waals surface area contributed by atoms with E-state index < -0.39 is 31.5 Å². The van der Waals surface area contributed by atoms with E-state index >= 15 is 0 Å². The smallest absolute Gasteiger partial charge is 0.247 e. The van der Waals surface area contributed by atoms with E-state index in [1.165, 1.54) is 6.07 Å². The Bertz CT molecular complexity index is 570. The molecule has 0 amide bonds. The van der Waals surface area contributed by atoms with Gasteiger partial charge < -0.3 is 0 Å². The van der Waals surface area contributed by atoms with E-state index in [9.17, 15) is 17.2 Å². The molecule has 1 aromatic heterocycles. The molecular weight excluding hydrogens is 377 g/mol. The van der Waals surface area contributed by atoms with Crippen LogP contribution in [0.15, 0.2) is 11.1 Å². The van der Waals surface area contributed by atoms with Crippen LogP contribution in [0.1, 0.15) is 17.6 Å². The first kappa shape index (κ1) is 13.5. The van der Waals surface area contributed by atoms with Crippen LogP contribution in [0.25, 0.3) is 0 Å². The zero-order chi connectivity index (χ0) is 12.5. The molecule has 0 saturated heterocycles. The lowest BCUT2D eigenvalue weighted by atomic mass is 10.1. The van der Waals surface area contributed by atoms with Gasteiger partial charge in [-0.3, -0.25) is 0 Å². The number of halogens is 4. The Morgan fingerprint density at radius 2 is 2.12 bits per heavy atom. The summed E-state index contributed by atoms with van der Waals surface area (Å²) >= 11 is 1.56. The van der Waals surface area contributed by atoms with Crippen molar-refractivity contribution in [2.45, 2.75) is 11.3 Å². The van der Waals surface area contributed by atoms with E-state index in [0.29, 0.717) is 6.20 Å². The van der Waals surface area contributed by atoms with Gasteiger partial charge in [-0.2, -0.15) is 5.26 Å². The van der Waals surface area contributed by atoms with Crippen LogP contribution in [-0.4, -0.2) is 13.4 Å². The van der Waals surface area contributed by atoms with Crippen LogP contribution < -0.4 is 0 Å². The predicted octanol–water partition coefficient (Wildman–Crippen LogP) is 2.42. The van der Waals surface area contributed by atoms with Crippen LogP contribution in [0, 0.1) is 15.0 Å². The highest BCUT2D eigenvalue weighted by molar-refractivity contribution is 14.1. The second kappa shape index (κ2) is 4.77. The lowest BCUT2D eigenvalue weighted by Gasteiger charge is -2.08. The number of nitrogens with zero attached hydrogens (tertiary/aromatic N) is 2. The highest BCUT2D eigenvalue weighted by atomic mass is 127. The van der Waals surface area contributed by atoms with E-state index in [2.05, 4.69) is 4.98 Å². The van der Waals surface area contributed by atoms with Crippen molar-refractivity contribution in [3.63, 3.8) is 0 Å². The maximum Gasteiger partial charge on any atom is 0.266 e. The molecule has 0 aliphatic heterocycles. The van der Waals surface area contributed by atoms with Crippen molar-refractivity contribution in [3.8, 4) is 6.07 Å². The molecule has 0 aliphatic rings. The first-order valence-corrected chi connectivity index (χ1v) is 6.99. The third kappa shape index (κ3) is 2.58. The van der Waals surface area contributed by atoms with Crippen molar-refractivity contribution in [1.29, 1.82) is 5.26 Å². The van der Waals surface area contributed by atoms with Gasteiger partial charge in [0.2, 0.25) is 0 Å². The van der Waals surface area contributed by atoms with Crippen LogP contribution >= 0.6 is 33.3 Å². The SMILES string of the molecule is N#Cc1c(I)ncc(S(=O)(=O)Cl)c1C(F)F. The molecule has 9 heteroatoms. The normalized spacial score (nSPS) is 11.5. The molecule has 0 saturated carbocycles. The van der Waals surface area contributed by atoms with E-state index in [1.54, 1.807) is 22.6 Å². The fraction of sp³-hybridized carbons (Fsp3) is 0.143. The summed E-state index contributed by atoms with van der Waals surface area (Å²) in [4.78, 5) is 2.69. The summed E-state index contributed by atoms with van der Waals surface area (Å²) in [5, 5.41) is 8.67. The second-order valence-electron chi connectivity index (χ2n) is 2.55. The van der Waals surface area contributed by atoms with Gasteiger partial charge in [0, 0.05) is 16.9 Å². The molecular formula is C7H2ClF2IN2O2S. The van der Waals surface area contributed by atoms with Gasteiger partial charge in [-0.05, 0) is 22.6 Å². The minimum absolute atomic E-state index is 0.000494. The number of aromatic nitrogens is 1. The van der Waals surface area contributed by atoms with Gasteiger partial charge in [0.25, 0.3) is 15.5 Å². The summed E-state index contributed by atoms with van der Waals surface area (Å²) in [5.74, 6) is 0. The average molecular weight is 379 g/mol. The fourth-order valence-corrected chi connectivity index (χ4v) is 2.55. The van der Waals surface area contributed by atoms with Gasteiger partial charge >= 0.3 is 0 Å². The number of pyridine rings is 1. The number of rotatable bonds is 2. The summed E-state index contributed by atoms with van der Waals surface area (Å²) in [6.07, 6.45) is -2.40. The predicted molar refractivity (Wildman–Crippen MR) is 59.7 cm³/mol. The molecule has 16 heavy (non-hydrogen) atoms. The number of hydrogen-bond acceptors (Lipinski definition) is 4. The largest absolute Gasteiger partial charge is 0.266 e. The Kier molecular flexibility index (Phi) is 4.03. The van der Waals surface area contributed by atoms with Crippen LogP contribution in [0.3, 0.4) is 0 Å². The summed E-state index contributed by atoms with van der Waals surface area (Å²) < 4.78 is 47.4. The van der Waals surface area contributed by atoms with E-state index in [1.807, 2.05) is 0 Å². The third-order valence-corrected chi connectivity index (χ3v) is 3.80.